The summed E-state index contributed by atoms with van der Waals surface area (Å²) in [5.41, 5.74) is -0.217. The van der Waals surface area contributed by atoms with Crippen molar-refractivity contribution in [3.8, 4) is 17.4 Å². The molecule has 2 N–H and O–H groups in total. The van der Waals surface area contributed by atoms with Gasteiger partial charge in [0.2, 0.25) is 11.8 Å². The Hall–Kier alpha value is -3.44. The second-order valence-electron chi connectivity index (χ2n) is 6.46. The number of nitrogens with zero attached hydrogens (tertiary/aromatic N) is 2. The molecular formula is C20H15ClF2N4O4S. The van der Waals surface area contributed by atoms with E-state index in [-0.39, 0.29) is 51.2 Å². The van der Waals surface area contributed by atoms with Gasteiger partial charge >= 0.3 is 0 Å². The van der Waals surface area contributed by atoms with Crippen LogP contribution in [0.15, 0.2) is 57.8 Å². The van der Waals surface area contributed by atoms with Crippen molar-refractivity contribution in [3.05, 3.63) is 70.9 Å². The molecule has 2 aromatic carbocycles. The number of sulfonamides is 1. The van der Waals surface area contributed by atoms with Crippen LogP contribution in [0.3, 0.4) is 0 Å². The van der Waals surface area contributed by atoms with Crippen LogP contribution < -0.4 is 20.1 Å². The fourth-order valence-corrected chi connectivity index (χ4v) is 4.13. The number of fused-ring (bicyclic) bond motifs is 1. The molecule has 0 amide bonds. The van der Waals surface area contributed by atoms with Crippen molar-refractivity contribution < 1.29 is 26.7 Å². The van der Waals surface area contributed by atoms with Gasteiger partial charge < -0.3 is 20.1 Å². The van der Waals surface area contributed by atoms with Gasteiger partial charge in [0.25, 0.3) is 10.0 Å². The number of nitrogens with one attached hydrogen (secondary N) is 2. The van der Waals surface area contributed by atoms with Gasteiger partial charge in [-0.15, -0.1) is 4.40 Å². The first-order chi connectivity index (χ1) is 15.3. The van der Waals surface area contributed by atoms with E-state index in [2.05, 4.69) is 20.0 Å². The number of aromatic nitrogens is 1. The predicted molar refractivity (Wildman–Crippen MR) is 114 cm³/mol. The summed E-state index contributed by atoms with van der Waals surface area (Å²) < 4.78 is 68.1. The second kappa shape index (κ2) is 8.60. The number of anilines is 1. The lowest BCUT2D eigenvalue weighted by Gasteiger charge is -2.22. The van der Waals surface area contributed by atoms with Gasteiger partial charge in [-0.1, -0.05) is 23.7 Å². The minimum atomic E-state index is -4.22. The summed E-state index contributed by atoms with van der Waals surface area (Å²) in [7, 11) is -2.84. The molecule has 0 fully saturated rings. The monoisotopic (exact) mass is 480 g/mol. The average molecular weight is 481 g/mol. The van der Waals surface area contributed by atoms with Gasteiger partial charge in [-0.3, -0.25) is 0 Å². The van der Waals surface area contributed by atoms with Gasteiger partial charge in [-0.05, 0) is 30.3 Å². The van der Waals surface area contributed by atoms with Crippen molar-refractivity contribution in [2.24, 2.45) is 4.40 Å². The summed E-state index contributed by atoms with van der Waals surface area (Å²) in [6.07, 6.45) is 0. The molecule has 12 heteroatoms. The van der Waals surface area contributed by atoms with Crippen LogP contribution in [-0.2, 0) is 16.6 Å². The van der Waals surface area contributed by atoms with Gasteiger partial charge in [0.1, 0.15) is 22.1 Å². The van der Waals surface area contributed by atoms with Crippen LogP contribution >= 0.6 is 11.6 Å². The third-order valence-corrected chi connectivity index (χ3v) is 6.01. The average Bonchev–Trinajstić information content (AvgIpc) is 2.76. The summed E-state index contributed by atoms with van der Waals surface area (Å²) in [6.45, 7) is -0.226. The quantitative estimate of drug-likeness (QED) is 0.567. The highest BCUT2D eigenvalue weighted by atomic mass is 35.5. The molecule has 0 atom stereocenters. The van der Waals surface area contributed by atoms with Crippen molar-refractivity contribution in [2.75, 3.05) is 12.4 Å². The number of guanidine groups is 1. The summed E-state index contributed by atoms with van der Waals surface area (Å²) in [5.74, 6) is -1.81. The standard InChI is InChI=1S/C20H15ClF2N4O4S/c1-30-17-9-7-12(22)14(25-17)10-24-20-26-18-16(32(28,29)27-20)8-6-13(23)19(18)31-15-5-3-2-4-11(15)21/h2-9H,10H2,1H3,(H2,24,26,27). The molecule has 2 heterocycles. The van der Waals surface area contributed by atoms with Crippen LogP contribution in [0.5, 0.6) is 17.4 Å². The molecule has 0 spiro atoms. The van der Waals surface area contributed by atoms with Gasteiger partial charge in [0.15, 0.2) is 11.6 Å². The van der Waals surface area contributed by atoms with Crippen molar-refractivity contribution in [1.82, 2.24) is 10.3 Å². The molecule has 1 aliphatic rings. The van der Waals surface area contributed by atoms with Gasteiger partial charge in [-0.2, -0.15) is 8.42 Å². The molecule has 1 aromatic heterocycles. The Bertz CT molecular complexity index is 1340. The molecule has 0 aliphatic carbocycles. The summed E-state index contributed by atoms with van der Waals surface area (Å²) in [4.78, 5) is 3.67. The van der Waals surface area contributed by atoms with Crippen LogP contribution in [0.2, 0.25) is 5.02 Å². The van der Waals surface area contributed by atoms with Crippen molar-refractivity contribution in [1.29, 1.82) is 0 Å². The maximum absolute atomic E-state index is 14.6. The zero-order valence-electron chi connectivity index (χ0n) is 16.4. The normalized spacial score (nSPS) is 14.1. The van der Waals surface area contributed by atoms with Crippen LogP contribution in [0.25, 0.3) is 0 Å². The first kappa shape index (κ1) is 21.8. The molecule has 4 rings (SSSR count). The number of rotatable bonds is 5. The molecule has 0 bridgehead atoms. The highest BCUT2D eigenvalue weighted by molar-refractivity contribution is 7.90. The fourth-order valence-electron chi connectivity index (χ4n) is 2.87. The molecular weight excluding hydrogens is 466 g/mol. The molecule has 1 aliphatic heterocycles. The molecule has 8 nitrogen and oxygen atoms in total. The van der Waals surface area contributed by atoms with E-state index in [0.29, 0.717) is 0 Å². The highest BCUT2D eigenvalue weighted by Gasteiger charge is 2.30. The number of ether oxygens (including phenoxy) is 2. The predicted octanol–water partition coefficient (Wildman–Crippen LogP) is 4.07. The third-order valence-electron chi connectivity index (χ3n) is 4.38. The number of hydrogen-bond acceptors (Lipinski definition) is 7. The van der Waals surface area contributed by atoms with Gasteiger partial charge in [0, 0.05) is 6.07 Å². The lowest BCUT2D eigenvalue weighted by Crippen LogP contribution is -2.35. The second-order valence-corrected chi connectivity index (χ2v) is 8.44. The minimum Gasteiger partial charge on any atom is -0.481 e. The van der Waals surface area contributed by atoms with Gasteiger partial charge in [-0.25, -0.2) is 13.8 Å². The maximum Gasteiger partial charge on any atom is 0.287 e. The van der Waals surface area contributed by atoms with E-state index in [4.69, 9.17) is 21.1 Å². The molecule has 166 valence electrons. The summed E-state index contributed by atoms with van der Waals surface area (Å²) >= 11 is 6.08. The van der Waals surface area contributed by atoms with Gasteiger partial charge in [0.05, 0.1) is 24.4 Å². The van der Waals surface area contributed by atoms with E-state index < -0.39 is 21.7 Å². The number of para-hydroxylation sites is 1. The number of halogens is 3. The Morgan fingerprint density at radius 1 is 1.09 bits per heavy atom. The van der Waals surface area contributed by atoms with E-state index in [1.54, 1.807) is 18.2 Å². The highest BCUT2D eigenvalue weighted by Crippen LogP contribution is 2.41. The van der Waals surface area contributed by atoms with Crippen LogP contribution in [0, 0.1) is 11.6 Å². The molecule has 0 unspecified atom stereocenters. The third kappa shape index (κ3) is 4.30. The summed E-state index contributed by atoms with van der Waals surface area (Å²) in [6, 6.07) is 10.9. The first-order valence-corrected chi connectivity index (χ1v) is 10.9. The number of hydrogen-bond donors (Lipinski definition) is 2. The Morgan fingerprint density at radius 2 is 1.84 bits per heavy atom. The van der Waals surface area contributed by atoms with Crippen LogP contribution in [0.1, 0.15) is 5.69 Å². The molecule has 0 saturated heterocycles. The first-order valence-electron chi connectivity index (χ1n) is 9.08. The topological polar surface area (TPSA) is 102 Å². The zero-order chi connectivity index (χ0) is 22.9. The van der Waals surface area contributed by atoms with E-state index in [9.17, 15) is 17.2 Å². The maximum atomic E-state index is 14.6. The van der Waals surface area contributed by atoms with E-state index in [0.717, 1.165) is 18.2 Å². The Morgan fingerprint density at radius 3 is 2.59 bits per heavy atom. The van der Waals surface area contributed by atoms with Crippen molar-refractivity contribution in [3.63, 3.8) is 0 Å². The largest absolute Gasteiger partial charge is 0.481 e. The van der Waals surface area contributed by atoms with E-state index >= 15 is 0 Å². The van der Waals surface area contributed by atoms with E-state index in [1.165, 1.54) is 19.2 Å². The molecule has 32 heavy (non-hydrogen) atoms. The lowest BCUT2D eigenvalue weighted by molar-refractivity contribution is 0.393. The zero-order valence-corrected chi connectivity index (χ0v) is 18.0. The Kier molecular flexibility index (Phi) is 5.85. The SMILES string of the molecule is COc1ccc(F)c(CNC2=NS(=O)(=O)c3ccc(F)c(Oc4ccccc4Cl)c3N2)n1. The van der Waals surface area contributed by atoms with E-state index in [1.807, 2.05) is 0 Å². The lowest BCUT2D eigenvalue weighted by atomic mass is 10.2. The van der Waals surface area contributed by atoms with Crippen molar-refractivity contribution in [2.45, 2.75) is 11.4 Å². The van der Waals surface area contributed by atoms with Crippen LogP contribution in [-0.4, -0.2) is 26.5 Å². The Labute approximate surface area is 186 Å². The molecule has 3 aromatic rings. The smallest absolute Gasteiger partial charge is 0.287 e. The fraction of sp³-hybridized carbons (Fsp3) is 0.100. The molecule has 0 saturated carbocycles. The van der Waals surface area contributed by atoms with Crippen LogP contribution in [0.4, 0.5) is 14.5 Å². The molecule has 0 radical (unpaired) electrons. The number of pyridine rings is 1. The number of benzene rings is 2. The summed E-state index contributed by atoms with van der Waals surface area (Å²) in [5, 5.41) is 5.54. The number of methoxy groups -OCH3 is 1. The van der Waals surface area contributed by atoms with Crippen molar-refractivity contribution >= 4 is 33.3 Å². The minimum absolute atomic E-state index is 0.0381. The Balaban J connectivity index is 1.66.